The number of unbranched alkanes of at least 4 members (excludes halogenated alkanes) is 1. The lowest BCUT2D eigenvalue weighted by Gasteiger charge is -2.33. The van der Waals surface area contributed by atoms with Crippen LogP contribution in [-0.2, 0) is 9.59 Å². The van der Waals surface area contributed by atoms with Crippen molar-refractivity contribution in [1.82, 2.24) is 10.0 Å². The number of Topliss-reactive ketones (excluding diaryl/α,β-unsaturated/α-hetero) is 1. The molecule has 1 atom stereocenters. The second-order valence-electron chi connectivity index (χ2n) is 7.22. The summed E-state index contributed by atoms with van der Waals surface area (Å²) in [6, 6.07) is 3.72. The summed E-state index contributed by atoms with van der Waals surface area (Å²) in [5.41, 5.74) is 6.08. The second kappa shape index (κ2) is 11.2. The number of hydrazine groups is 1. The van der Waals surface area contributed by atoms with Gasteiger partial charge in [-0.3, -0.25) is 29.2 Å². The molecule has 0 aliphatic carbocycles. The third kappa shape index (κ3) is 6.60. The highest BCUT2D eigenvalue weighted by molar-refractivity contribution is 6.05. The molecule has 1 unspecified atom stereocenters. The quantitative estimate of drug-likeness (QED) is 0.276. The Bertz CT molecular complexity index is 776. The molecule has 1 aromatic carbocycles. The highest BCUT2D eigenvalue weighted by Gasteiger charge is 2.27. The normalized spacial score (nSPS) is 11.7. The van der Waals surface area contributed by atoms with Gasteiger partial charge in [-0.1, -0.05) is 26.0 Å². The van der Waals surface area contributed by atoms with Gasteiger partial charge in [-0.2, -0.15) is 0 Å². The molecule has 0 saturated heterocycles. The molecule has 1 aromatic rings. The molecule has 0 radical (unpaired) electrons. The summed E-state index contributed by atoms with van der Waals surface area (Å²) in [4.78, 5) is 59.4. The number of ketones is 1. The van der Waals surface area contributed by atoms with E-state index >= 15 is 0 Å². The predicted octanol–water partition coefficient (Wildman–Crippen LogP) is 1.87. The summed E-state index contributed by atoms with van der Waals surface area (Å²) in [6.07, 6.45) is 2.87. The molecule has 0 fully saturated rings. The maximum absolute atomic E-state index is 13.1. The molecule has 0 saturated carbocycles. The Hall–Kier alpha value is -2.87. The molecule has 0 aromatic heterocycles. The molecule has 0 aliphatic rings. The molecule has 0 aliphatic heterocycles. The van der Waals surface area contributed by atoms with Gasteiger partial charge in [-0.25, -0.2) is 0 Å². The first kappa shape index (κ1) is 24.2. The number of nitrogens with two attached hydrogens (primary N) is 1. The van der Waals surface area contributed by atoms with E-state index in [9.17, 15) is 24.0 Å². The van der Waals surface area contributed by atoms with Gasteiger partial charge in [0.25, 0.3) is 5.91 Å². The molecule has 2 amide bonds. The van der Waals surface area contributed by atoms with E-state index in [2.05, 4.69) is 0 Å². The third-order valence-electron chi connectivity index (χ3n) is 4.55. The van der Waals surface area contributed by atoms with Gasteiger partial charge >= 0.3 is 0 Å². The summed E-state index contributed by atoms with van der Waals surface area (Å²) in [5.74, 6) is -1.40. The molecule has 1 rings (SSSR count). The Morgan fingerprint density at radius 3 is 2.31 bits per heavy atom. The van der Waals surface area contributed by atoms with Crippen molar-refractivity contribution in [2.45, 2.75) is 46.1 Å². The number of hydrogen-bond acceptors (Lipinski definition) is 6. The van der Waals surface area contributed by atoms with Crippen LogP contribution in [0.5, 0.6) is 0 Å². The van der Waals surface area contributed by atoms with Crippen LogP contribution in [0, 0.1) is 5.92 Å². The molecule has 0 bridgehead atoms. The van der Waals surface area contributed by atoms with Crippen molar-refractivity contribution in [2.24, 2.45) is 11.7 Å². The number of carbonyl (C=O) groups excluding carboxylic acids is 5. The second-order valence-corrected chi connectivity index (χ2v) is 7.22. The van der Waals surface area contributed by atoms with Gasteiger partial charge < -0.3 is 10.5 Å². The van der Waals surface area contributed by atoms with Crippen LogP contribution in [0.25, 0.3) is 0 Å². The first-order chi connectivity index (χ1) is 13.6. The van der Waals surface area contributed by atoms with Gasteiger partial charge in [0.05, 0.1) is 11.6 Å². The first-order valence-corrected chi connectivity index (χ1v) is 9.54. The molecule has 8 heteroatoms. The van der Waals surface area contributed by atoms with Crippen molar-refractivity contribution in [3.8, 4) is 0 Å². The molecule has 158 valence electrons. The summed E-state index contributed by atoms with van der Waals surface area (Å²) in [5, 5.41) is 2.50. The van der Waals surface area contributed by atoms with Crippen LogP contribution < -0.4 is 5.73 Å². The Morgan fingerprint density at radius 1 is 1.14 bits per heavy atom. The Labute approximate surface area is 171 Å². The molecule has 2 N–H and O–H groups in total. The van der Waals surface area contributed by atoms with Crippen LogP contribution in [-0.4, -0.2) is 59.8 Å². The van der Waals surface area contributed by atoms with Gasteiger partial charge in [0, 0.05) is 30.6 Å². The summed E-state index contributed by atoms with van der Waals surface area (Å²) in [7, 11) is 1.45. The van der Waals surface area contributed by atoms with Crippen molar-refractivity contribution in [2.75, 3.05) is 13.6 Å². The molecule has 29 heavy (non-hydrogen) atoms. The largest absolute Gasteiger partial charge is 0.322 e. The maximum atomic E-state index is 13.1. The lowest BCUT2D eigenvalue weighted by molar-refractivity contribution is -0.146. The number of carbonyl (C=O) groups is 5. The number of nitrogens with zero attached hydrogens (tertiary/aromatic N) is 2. The van der Waals surface area contributed by atoms with Crippen LogP contribution >= 0.6 is 0 Å². The lowest BCUT2D eigenvalue weighted by atomic mass is 10.0. The number of aldehydes is 2. The van der Waals surface area contributed by atoms with Crippen LogP contribution in [0.15, 0.2) is 18.2 Å². The average molecular weight is 403 g/mol. The van der Waals surface area contributed by atoms with Crippen LogP contribution in [0.2, 0.25) is 0 Å². The number of amides is 2. The van der Waals surface area contributed by atoms with E-state index in [1.165, 1.54) is 42.2 Å². The first-order valence-electron chi connectivity index (χ1n) is 9.54. The molecular formula is C21H29N3O5. The third-order valence-corrected chi connectivity index (χ3v) is 4.55. The van der Waals surface area contributed by atoms with Crippen molar-refractivity contribution < 1.29 is 24.0 Å². The zero-order valence-corrected chi connectivity index (χ0v) is 17.4. The Morgan fingerprint density at radius 2 is 1.79 bits per heavy atom. The number of benzene rings is 1. The van der Waals surface area contributed by atoms with Gasteiger partial charge in [-0.15, -0.1) is 0 Å². The van der Waals surface area contributed by atoms with Crippen molar-refractivity contribution >= 4 is 30.2 Å². The maximum Gasteiger partial charge on any atom is 0.272 e. The zero-order valence-electron chi connectivity index (χ0n) is 17.4. The minimum absolute atomic E-state index is 0.0553. The minimum Gasteiger partial charge on any atom is -0.322 e. The van der Waals surface area contributed by atoms with E-state index in [0.29, 0.717) is 37.4 Å². The molecule has 8 nitrogen and oxygen atoms in total. The van der Waals surface area contributed by atoms with E-state index < -0.39 is 11.9 Å². The highest BCUT2D eigenvalue weighted by atomic mass is 16.2. The average Bonchev–Trinajstić information content (AvgIpc) is 2.71. The van der Waals surface area contributed by atoms with E-state index in [1.807, 2.05) is 0 Å². The van der Waals surface area contributed by atoms with Gasteiger partial charge in [0.15, 0.2) is 12.1 Å². The van der Waals surface area contributed by atoms with E-state index in [0.717, 1.165) is 0 Å². The van der Waals surface area contributed by atoms with Crippen molar-refractivity contribution in [3.63, 3.8) is 0 Å². The van der Waals surface area contributed by atoms with Crippen molar-refractivity contribution in [3.05, 3.63) is 34.9 Å². The molecule has 0 spiro atoms. The van der Waals surface area contributed by atoms with E-state index in [4.69, 9.17) is 5.73 Å². The highest BCUT2D eigenvalue weighted by Crippen LogP contribution is 2.16. The fraction of sp³-hybridized carbons (Fsp3) is 0.476. The standard InChI is InChI=1S/C21H29N3O5/c1-14(2)20(28)24(10-6-5-7-18(22)13-26)23(4)21(29)19-11-16(15(3)27)8-9-17(19)12-25/h8-9,11-14,18H,5-7,10,22H2,1-4H3. The van der Waals surface area contributed by atoms with Crippen molar-refractivity contribution in [1.29, 1.82) is 0 Å². The smallest absolute Gasteiger partial charge is 0.272 e. The molecular weight excluding hydrogens is 374 g/mol. The van der Waals surface area contributed by atoms with Gasteiger partial charge in [-0.05, 0) is 32.3 Å². The Kier molecular flexibility index (Phi) is 9.34. The predicted molar refractivity (Wildman–Crippen MR) is 108 cm³/mol. The molecule has 0 heterocycles. The number of rotatable bonds is 10. The van der Waals surface area contributed by atoms with E-state index in [1.54, 1.807) is 13.8 Å². The van der Waals surface area contributed by atoms with Gasteiger partial charge in [0.1, 0.15) is 6.29 Å². The number of hydrogen-bond donors (Lipinski definition) is 1. The SMILES string of the molecule is CC(=O)c1ccc(C=O)c(C(=O)N(C)N(CCCCC(N)C=O)C(=O)C(C)C)c1. The monoisotopic (exact) mass is 403 g/mol. The lowest BCUT2D eigenvalue weighted by Crippen LogP contribution is -2.49. The fourth-order valence-electron chi connectivity index (χ4n) is 2.76. The van der Waals surface area contributed by atoms with Crippen LogP contribution in [0.1, 0.15) is 71.1 Å². The summed E-state index contributed by atoms with van der Waals surface area (Å²) >= 11 is 0. The van der Waals surface area contributed by atoms with Gasteiger partial charge in [0.2, 0.25) is 5.91 Å². The van der Waals surface area contributed by atoms with Crippen LogP contribution in [0.4, 0.5) is 0 Å². The Balaban J connectivity index is 3.10. The summed E-state index contributed by atoms with van der Waals surface area (Å²) in [6.45, 7) is 5.08. The summed E-state index contributed by atoms with van der Waals surface area (Å²) < 4.78 is 0. The van der Waals surface area contributed by atoms with Crippen LogP contribution in [0.3, 0.4) is 0 Å². The fourth-order valence-corrected chi connectivity index (χ4v) is 2.76. The minimum atomic E-state index is -0.561. The van der Waals surface area contributed by atoms with E-state index in [-0.39, 0.29) is 35.3 Å². The topological polar surface area (TPSA) is 118 Å². The zero-order chi connectivity index (χ0) is 22.1.